The zero-order valence-electron chi connectivity index (χ0n) is 14.5. The lowest BCUT2D eigenvalue weighted by atomic mass is 10.0. The van der Waals surface area contributed by atoms with Crippen molar-refractivity contribution in [3.63, 3.8) is 0 Å². The molecule has 1 fully saturated rings. The Morgan fingerprint density at radius 3 is 2.92 bits per heavy atom. The fourth-order valence-corrected chi connectivity index (χ4v) is 3.24. The van der Waals surface area contributed by atoms with E-state index in [4.69, 9.17) is 4.74 Å². The quantitative estimate of drug-likeness (QED) is 0.873. The van der Waals surface area contributed by atoms with E-state index in [2.05, 4.69) is 20.2 Å². The average molecular weight is 340 g/mol. The molecule has 1 amide bonds. The van der Waals surface area contributed by atoms with Crippen LogP contribution in [0.5, 0.6) is 5.88 Å². The summed E-state index contributed by atoms with van der Waals surface area (Å²) in [4.78, 5) is 23.2. The predicted octanol–water partition coefficient (Wildman–Crippen LogP) is 2.16. The number of carbonyl (C=O) groups excluding carboxylic acids is 1. The van der Waals surface area contributed by atoms with Crippen LogP contribution in [0.15, 0.2) is 42.9 Å². The molecular weight excluding hydrogens is 316 g/mol. The molecule has 3 rings (SSSR count). The van der Waals surface area contributed by atoms with Gasteiger partial charge in [-0.15, -0.1) is 0 Å². The van der Waals surface area contributed by atoms with E-state index in [-0.39, 0.29) is 11.9 Å². The van der Waals surface area contributed by atoms with Crippen LogP contribution in [0, 0.1) is 0 Å². The minimum absolute atomic E-state index is 0.0691. The largest absolute Gasteiger partial charge is 0.481 e. The van der Waals surface area contributed by atoms with Crippen LogP contribution in [-0.4, -0.2) is 40.5 Å². The van der Waals surface area contributed by atoms with Gasteiger partial charge in [0.1, 0.15) is 0 Å². The van der Waals surface area contributed by atoms with Crippen molar-refractivity contribution in [3.8, 4) is 5.88 Å². The topological polar surface area (TPSA) is 67.3 Å². The second-order valence-corrected chi connectivity index (χ2v) is 6.23. The monoisotopic (exact) mass is 340 g/mol. The van der Waals surface area contributed by atoms with Crippen molar-refractivity contribution >= 4 is 5.91 Å². The first-order valence-electron chi connectivity index (χ1n) is 8.66. The number of likely N-dealkylation sites (tertiary alicyclic amines) is 1. The molecule has 1 atom stereocenters. The molecule has 0 radical (unpaired) electrons. The van der Waals surface area contributed by atoms with Gasteiger partial charge in [0.15, 0.2) is 0 Å². The molecule has 1 N–H and O–H groups in total. The maximum Gasteiger partial charge on any atom is 0.237 e. The lowest BCUT2D eigenvalue weighted by molar-refractivity contribution is -0.128. The number of piperidine rings is 1. The van der Waals surface area contributed by atoms with Crippen LogP contribution in [0.1, 0.15) is 30.4 Å². The lowest BCUT2D eigenvalue weighted by Gasteiger charge is -2.34. The van der Waals surface area contributed by atoms with Crippen LogP contribution in [-0.2, 0) is 17.9 Å². The molecular formula is C19H24N4O2. The highest BCUT2D eigenvalue weighted by molar-refractivity contribution is 5.81. The van der Waals surface area contributed by atoms with E-state index in [1.165, 1.54) is 5.56 Å². The van der Waals surface area contributed by atoms with Gasteiger partial charge in [-0.2, -0.15) is 0 Å². The van der Waals surface area contributed by atoms with Crippen LogP contribution in [0.4, 0.5) is 0 Å². The van der Waals surface area contributed by atoms with Crippen molar-refractivity contribution < 1.29 is 9.53 Å². The normalized spacial score (nSPS) is 17.9. The van der Waals surface area contributed by atoms with Crippen LogP contribution < -0.4 is 10.1 Å². The van der Waals surface area contributed by atoms with E-state index < -0.39 is 0 Å². The fraction of sp³-hybridized carbons (Fsp3) is 0.421. The third-order valence-corrected chi connectivity index (χ3v) is 4.55. The highest BCUT2D eigenvalue weighted by Crippen LogP contribution is 2.20. The number of hydrogen-bond acceptors (Lipinski definition) is 5. The van der Waals surface area contributed by atoms with Crippen LogP contribution >= 0.6 is 0 Å². The van der Waals surface area contributed by atoms with Gasteiger partial charge in [0.2, 0.25) is 11.8 Å². The summed E-state index contributed by atoms with van der Waals surface area (Å²) in [5.74, 6) is 0.625. The Labute approximate surface area is 148 Å². The first kappa shape index (κ1) is 17.4. The molecule has 6 heteroatoms. The van der Waals surface area contributed by atoms with Gasteiger partial charge in [-0.3, -0.25) is 14.7 Å². The third kappa shape index (κ3) is 4.54. The van der Waals surface area contributed by atoms with Gasteiger partial charge in [-0.05, 0) is 43.1 Å². The average Bonchev–Trinajstić information content (AvgIpc) is 2.67. The van der Waals surface area contributed by atoms with Crippen molar-refractivity contribution in [2.45, 2.75) is 38.4 Å². The molecule has 3 heterocycles. The van der Waals surface area contributed by atoms with Crippen molar-refractivity contribution in [1.82, 2.24) is 20.2 Å². The van der Waals surface area contributed by atoms with E-state index in [0.29, 0.717) is 12.4 Å². The summed E-state index contributed by atoms with van der Waals surface area (Å²) in [5.41, 5.74) is 2.07. The minimum Gasteiger partial charge on any atom is -0.481 e. The van der Waals surface area contributed by atoms with E-state index in [9.17, 15) is 4.79 Å². The number of ether oxygens (including phenoxy) is 1. The molecule has 2 aromatic rings. The van der Waals surface area contributed by atoms with Gasteiger partial charge >= 0.3 is 0 Å². The Hall–Kier alpha value is -2.47. The van der Waals surface area contributed by atoms with Crippen LogP contribution in [0.25, 0.3) is 0 Å². The standard InChI is InChI=1S/C19H24N4O2/c1-25-19-16(5-4-9-21-19)13-22-18(24)17-6-2-3-12-23(17)14-15-7-10-20-11-8-15/h4-5,7-11,17H,2-3,6,12-14H2,1H3,(H,22,24). The predicted molar refractivity (Wildman–Crippen MR) is 94.9 cm³/mol. The first-order valence-corrected chi connectivity index (χ1v) is 8.66. The Bertz CT molecular complexity index is 693. The molecule has 0 aromatic carbocycles. The highest BCUT2D eigenvalue weighted by Gasteiger charge is 2.28. The Morgan fingerprint density at radius 1 is 1.28 bits per heavy atom. The van der Waals surface area contributed by atoms with E-state index in [1.54, 1.807) is 25.7 Å². The van der Waals surface area contributed by atoms with Gasteiger partial charge < -0.3 is 10.1 Å². The lowest BCUT2D eigenvalue weighted by Crippen LogP contribution is -2.48. The molecule has 1 unspecified atom stereocenters. The van der Waals surface area contributed by atoms with Crippen molar-refractivity contribution in [3.05, 3.63) is 54.0 Å². The van der Waals surface area contributed by atoms with Crippen molar-refractivity contribution in [1.29, 1.82) is 0 Å². The number of nitrogens with one attached hydrogen (secondary N) is 1. The number of methoxy groups -OCH3 is 1. The second kappa shape index (κ2) is 8.58. The number of nitrogens with zero attached hydrogens (tertiary/aromatic N) is 3. The second-order valence-electron chi connectivity index (χ2n) is 6.23. The number of carbonyl (C=O) groups is 1. The molecule has 6 nitrogen and oxygen atoms in total. The maximum atomic E-state index is 12.7. The summed E-state index contributed by atoms with van der Waals surface area (Å²) in [6, 6.07) is 7.68. The zero-order chi connectivity index (χ0) is 17.5. The van der Waals surface area contributed by atoms with E-state index in [0.717, 1.165) is 37.9 Å². The summed E-state index contributed by atoms with van der Waals surface area (Å²) in [6.45, 7) is 2.14. The SMILES string of the molecule is COc1ncccc1CNC(=O)C1CCCCN1Cc1ccncc1. The minimum atomic E-state index is -0.0930. The van der Waals surface area contributed by atoms with Crippen LogP contribution in [0.2, 0.25) is 0 Å². The number of aromatic nitrogens is 2. The molecule has 1 aliphatic rings. The van der Waals surface area contributed by atoms with Crippen LogP contribution in [0.3, 0.4) is 0 Å². The van der Waals surface area contributed by atoms with Gasteiger partial charge in [-0.25, -0.2) is 4.98 Å². The molecule has 132 valence electrons. The van der Waals surface area contributed by atoms with Crippen molar-refractivity contribution in [2.24, 2.45) is 0 Å². The van der Waals surface area contributed by atoms with Crippen molar-refractivity contribution in [2.75, 3.05) is 13.7 Å². The zero-order valence-corrected chi connectivity index (χ0v) is 14.5. The van der Waals surface area contributed by atoms with Gasteiger partial charge in [0.05, 0.1) is 13.2 Å². The summed E-state index contributed by atoms with van der Waals surface area (Å²) in [7, 11) is 1.59. The smallest absolute Gasteiger partial charge is 0.237 e. The van der Waals surface area contributed by atoms with E-state index in [1.807, 2.05) is 24.3 Å². The van der Waals surface area contributed by atoms with E-state index >= 15 is 0 Å². The Kier molecular flexibility index (Phi) is 5.95. The number of pyridine rings is 2. The summed E-state index contributed by atoms with van der Waals surface area (Å²) in [6.07, 6.45) is 8.38. The maximum absolute atomic E-state index is 12.7. The molecule has 2 aromatic heterocycles. The molecule has 0 aliphatic carbocycles. The molecule has 0 bridgehead atoms. The molecule has 0 saturated carbocycles. The Balaban J connectivity index is 1.62. The molecule has 1 aliphatic heterocycles. The highest BCUT2D eigenvalue weighted by atomic mass is 16.5. The molecule has 0 spiro atoms. The number of hydrogen-bond donors (Lipinski definition) is 1. The number of amides is 1. The third-order valence-electron chi connectivity index (χ3n) is 4.55. The van der Waals surface area contributed by atoms with Gasteiger partial charge in [0.25, 0.3) is 0 Å². The summed E-state index contributed by atoms with van der Waals surface area (Å²) < 4.78 is 5.24. The number of rotatable bonds is 6. The summed E-state index contributed by atoms with van der Waals surface area (Å²) in [5, 5.41) is 3.05. The fourth-order valence-electron chi connectivity index (χ4n) is 3.24. The molecule has 1 saturated heterocycles. The summed E-state index contributed by atoms with van der Waals surface area (Å²) >= 11 is 0. The first-order chi connectivity index (χ1) is 12.3. The molecule has 25 heavy (non-hydrogen) atoms. The Morgan fingerprint density at radius 2 is 2.12 bits per heavy atom. The van der Waals surface area contributed by atoms with Gasteiger partial charge in [-0.1, -0.05) is 12.5 Å². The van der Waals surface area contributed by atoms with Gasteiger partial charge in [0, 0.05) is 37.2 Å².